The lowest BCUT2D eigenvalue weighted by Crippen LogP contribution is -2.23. The molecule has 0 saturated heterocycles. The van der Waals surface area contributed by atoms with Gasteiger partial charge in [-0.2, -0.15) is 0 Å². The first-order valence-electron chi connectivity index (χ1n) is 5.70. The predicted octanol–water partition coefficient (Wildman–Crippen LogP) is 1.88. The summed E-state index contributed by atoms with van der Waals surface area (Å²) in [7, 11) is -2.99. The molecule has 0 aliphatic rings. The molecule has 0 saturated carbocycles. The number of nitro benzene ring substituents is 1. The molecule has 0 heterocycles. The fraction of sp³-hybridized carbons (Fsp3) is 0.455. The maximum absolute atomic E-state index is 11.3. The van der Waals surface area contributed by atoms with Crippen LogP contribution < -0.4 is 5.32 Å². The number of hydrogen-bond acceptors (Lipinski definition) is 5. The number of nitrogens with one attached hydrogen (secondary N) is 1. The van der Waals surface area contributed by atoms with E-state index in [4.69, 9.17) is 0 Å². The van der Waals surface area contributed by atoms with Crippen molar-refractivity contribution in [2.45, 2.75) is 13.5 Å². The van der Waals surface area contributed by atoms with Crippen molar-refractivity contribution in [3.63, 3.8) is 0 Å². The summed E-state index contributed by atoms with van der Waals surface area (Å²) >= 11 is 3.19. The van der Waals surface area contributed by atoms with E-state index in [1.807, 2.05) is 0 Å². The Bertz CT molecular complexity index is 560. The molecule has 1 N–H and O–H groups in total. The minimum absolute atomic E-state index is 0.000444. The molecule has 0 bridgehead atoms. The van der Waals surface area contributed by atoms with Crippen LogP contribution >= 0.6 is 15.9 Å². The third-order valence-electron chi connectivity index (χ3n) is 2.60. The van der Waals surface area contributed by atoms with Gasteiger partial charge in [0.2, 0.25) is 0 Å². The van der Waals surface area contributed by atoms with Gasteiger partial charge >= 0.3 is 0 Å². The molecule has 1 aromatic carbocycles. The fourth-order valence-corrected chi connectivity index (χ4v) is 2.73. The minimum Gasteiger partial charge on any atom is -0.312 e. The van der Waals surface area contributed by atoms with Gasteiger partial charge in [0.1, 0.15) is 0 Å². The predicted molar refractivity (Wildman–Crippen MR) is 76.8 cm³/mol. The normalized spacial score (nSPS) is 11.5. The molecule has 0 radical (unpaired) electrons. The van der Waals surface area contributed by atoms with Crippen molar-refractivity contribution >= 4 is 31.5 Å². The molecular formula is C11H15BrN2O4S. The first-order valence-corrected chi connectivity index (χ1v) is 8.31. The van der Waals surface area contributed by atoms with E-state index in [1.165, 1.54) is 6.07 Å². The molecule has 19 heavy (non-hydrogen) atoms. The van der Waals surface area contributed by atoms with E-state index in [2.05, 4.69) is 21.2 Å². The standard InChI is InChI=1S/C11H15BrN2O4S/c1-2-19(17,18)7-6-13-8-9-4-3-5-10(11(9)12)14(15)16/h3-5,13H,2,6-8H2,1H3. The van der Waals surface area contributed by atoms with Crippen LogP contribution in [0.15, 0.2) is 22.7 Å². The van der Waals surface area contributed by atoms with Crippen LogP contribution in [0, 0.1) is 10.1 Å². The van der Waals surface area contributed by atoms with Crippen molar-refractivity contribution in [3.05, 3.63) is 38.3 Å². The highest BCUT2D eigenvalue weighted by Crippen LogP contribution is 2.27. The molecule has 0 aromatic heterocycles. The van der Waals surface area contributed by atoms with Crippen molar-refractivity contribution in [3.8, 4) is 0 Å². The molecule has 0 spiro atoms. The monoisotopic (exact) mass is 350 g/mol. The van der Waals surface area contributed by atoms with Crippen LogP contribution in [-0.4, -0.2) is 31.4 Å². The summed E-state index contributed by atoms with van der Waals surface area (Å²) in [6.45, 7) is 2.30. The number of benzene rings is 1. The van der Waals surface area contributed by atoms with Gasteiger partial charge < -0.3 is 5.32 Å². The van der Waals surface area contributed by atoms with Gasteiger partial charge in [0, 0.05) is 24.9 Å². The molecule has 0 fully saturated rings. The zero-order chi connectivity index (χ0) is 14.5. The fourth-order valence-electron chi connectivity index (χ4n) is 1.44. The number of nitrogens with zero attached hydrogens (tertiary/aromatic N) is 1. The van der Waals surface area contributed by atoms with Gasteiger partial charge in [0.15, 0.2) is 9.84 Å². The molecule has 6 nitrogen and oxygen atoms in total. The Hall–Kier alpha value is -0.990. The lowest BCUT2D eigenvalue weighted by molar-refractivity contribution is -0.385. The number of sulfone groups is 1. The first kappa shape index (κ1) is 16.1. The Balaban J connectivity index is 2.60. The number of nitro groups is 1. The summed E-state index contributed by atoms with van der Waals surface area (Å²) in [6, 6.07) is 4.76. The molecule has 0 atom stereocenters. The highest BCUT2D eigenvalue weighted by atomic mass is 79.9. The molecule has 1 rings (SSSR count). The molecule has 0 unspecified atom stereocenters. The third kappa shape index (κ3) is 4.88. The maximum Gasteiger partial charge on any atom is 0.283 e. The van der Waals surface area contributed by atoms with E-state index < -0.39 is 14.8 Å². The third-order valence-corrected chi connectivity index (χ3v) is 5.22. The second kappa shape index (κ2) is 6.97. The SMILES string of the molecule is CCS(=O)(=O)CCNCc1cccc([N+](=O)[O-])c1Br. The van der Waals surface area contributed by atoms with Gasteiger partial charge in [-0.1, -0.05) is 19.1 Å². The Morgan fingerprint density at radius 1 is 1.42 bits per heavy atom. The highest BCUT2D eigenvalue weighted by Gasteiger charge is 2.14. The second-order valence-corrected chi connectivity index (χ2v) is 7.19. The van der Waals surface area contributed by atoms with Crippen molar-refractivity contribution in [2.75, 3.05) is 18.1 Å². The quantitative estimate of drug-likeness (QED) is 0.460. The number of rotatable bonds is 7. The summed E-state index contributed by atoms with van der Waals surface area (Å²) in [6.07, 6.45) is 0. The van der Waals surface area contributed by atoms with Crippen LogP contribution in [-0.2, 0) is 16.4 Å². The second-order valence-electron chi connectivity index (χ2n) is 3.92. The maximum atomic E-state index is 11.3. The molecule has 8 heteroatoms. The molecular weight excluding hydrogens is 336 g/mol. The van der Waals surface area contributed by atoms with Gasteiger partial charge in [-0.05, 0) is 21.5 Å². The molecule has 0 amide bonds. The van der Waals surface area contributed by atoms with Gasteiger partial charge in [0.25, 0.3) is 5.69 Å². The van der Waals surface area contributed by atoms with E-state index in [1.54, 1.807) is 19.1 Å². The summed E-state index contributed by atoms with van der Waals surface area (Å²) in [5.41, 5.74) is 0.726. The van der Waals surface area contributed by atoms with E-state index in [9.17, 15) is 18.5 Å². The molecule has 1 aromatic rings. The number of hydrogen-bond donors (Lipinski definition) is 1. The zero-order valence-corrected chi connectivity index (χ0v) is 12.8. The Morgan fingerprint density at radius 2 is 2.11 bits per heavy atom. The Kier molecular flexibility index (Phi) is 5.89. The summed E-state index contributed by atoms with van der Waals surface area (Å²) in [5.74, 6) is 0.186. The summed E-state index contributed by atoms with van der Waals surface area (Å²) in [5, 5.41) is 13.7. The van der Waals surface area contributed by atoms with Crippen molar-refractivity contribution in [2.24, 2.45) is 0 Å². The van der Waals surface area contributed by atoms with Crippen LogP contribution in [0.5, 0.6) is 0 Å². The van der Waals surface area contributed by atoms with E-state index in [0.29, 0.717) is 17.6 Å². The van der Waals surface area contributed by atoms with E-state index in [0.717, 1.165) is 5.56 Å². The highest BCUT2D eigenvalue weighted by molar-refractivity contribution is 9.10. The summed E-state index contributed by atoms with van der Waals surface area (Å²) < 4.78 is 23.0. The van der Waals surface area contributed by atoms with Crippen molar-refractivity contribution in [1.29, 1.82) is 0 Å². The van der Waals surface area contributed by atoms with Crippen molar-refractivity contribution < 1.29 is 13.3 Å². The zero-order valence-electron chi connectivity index (χ0n) is 10.4. The molecule has 0 aliphatic carbocycles. The van der Waals surface area contributed by atoms with Crippen LogP contribution in [0.3, 0.4) is 0 Å². The topological polar surface area (TPSA) is 89.3 Å². The molecule has 106 valence electrons. The van der Waals surface area contributed by atoms with Gasteiger partial charge in [-0.3, -0.25) is 10.1 Å². The van der Waals surface area contributed by atoms with Gasteiger partial charge in [-0.15, -0.1) is 0 Å². The van der Waals surface area contributed by atoms with E-state index >= 15 is 0 Å². The van der Waals surface area contributed by atoms with Crippen LogP contribution in [0.25, 0.3) is 0 Å². The van der Waals surface area contributed by atoms with Gasteiger partial charge in [-0.25, -0.2) is 8.42 Å². The lowest BCUT2D eigenvalue weighted by atomic mass is 10.2. The smallest absolute Gasteiger partial charge is 0.283 e. The first-order chi connectivity index (χ1) is 8.87. The largest absolute Gasteiger partial charge is 0.312 e. The van der Waals surface area contributed by atoms with Crippen molar-refractivity contribution in [1.82, 2.24) is 5.32 Å². The van der Waals surface area contributed by atoms with Crippen LogP contribution in [0.1, 0.15) is 12.5 Å². The Labute approximate surface area is 120 Å². The van der Waals surface area contributed by atoms with Gasteiger partial charge in [0.05, 0.1) is 15.1 Å². The molecule has 0 aliphatic heterocycles. The average molecular weight is 351 g/mol. The lowest BCUT2D eigenvalue weighted by Gasteiger charge is -2.07. The minimum atomic E-state index is -2.99. The summed E-state index contributed by atoms with van der Waals surface area (Å²) in [4.78, 5) is 10.3. The van der Waals surface area contributed by atoms with Crippen LogP contribution in [0.2, 0.25) is 0 Å². The van der Waals surface area contributed by atoms with E-state index in [-0.39, 0.29) is 17.2 Å². The van der Waals surface area contributed by atoms with Crippen LogP contribution in [0.4, 0.5) is 5.69 Å². The average Bonchev–Trinajstić information content (AvgIpc) is 2.36. The Morgan fingerprint density at radius 3 is 2.68 bits per heavy atom. The number of halogens is 1.